The van der Waals surface area contributed by atoms with Crippen molar-refractivity contribution in [3.63, 3.8) is 0 Å². The van der Waals surface area contributed by atoms with Gasteiger partial charge in [0, 0.05) is 5.30 Å². The highest BCUT2D eigenvalue weighted by Crippen LogP contribution is 2.25. The van der Waals surface area contributed by atoms with Crippen molar-refractivity contribution in [1.82, 2.24) is 9.71 Å². The van der Waals surface area contributed by atoms with Crippen molar-refractivity contribution in [3.05, 3.63) is 83.9 Å². The van der Waals surface area contributed by atoms with Crippen molar-refractivity contribution in [3.8, 4) is 0 Å². The van der Waals surface area contributed by atoms with Gasteiger partial charge in [-0.05, 0) is 24.3 Å². The van der Waals surface area contributed by atoms with Crippen molar-refractivity contribution < 1.29 is 9.52 Å². The molecule has 4 aromatic rings. The van der Waals surface area contributed by atoms with E-state index in [-0.39, 0.29) is 21.5 Å². The summed E-state index contributed by atoms with van der Waals surface area (Å²) in [4.78, 5) is 60.5. The number of H-pyrrole nitrogens is 1. The summed E-state index contributed by atoms with van der Waals surface area (Å²) >= 11 is 0. The molecule has 124 valence electrons. The average molecular weight is 356 g/mol. The minimum absolute atomic E-state index is 0.0288. The van der Waals surface area contributed by atoms with Crippen molar-refractivity contribution in [2.45, 2.75) is 0 Å². The normalized spacial score (nSPS) is 12.7. The molecule has 0 bridgehead atoms. The molecule has 4 rings (SSSR count). The molecule has 0 saturated heterocycles. The average Bonchev–Trinajstić information content (AvgIpc) is 3.03. The zero-order valence-corrected chi connectivity index (χ0v) is 13.3. The summed E-state index contributed by atoms with van der Waals surface area (Å²) in [7, 11) is -2.23. The minimum Gasteiger partial charge on any atom is -0.353 e. The topological polar surface area (TPSA) is 118 Å². The molecule has 2 aromatic carbocycles. The highest BCUT2D eigenvalue weighted by Gasteiger charge is 2.21. The summed E-state index contributed by atoms with van der Waals surface area (Å²) in [5.74, 6) is 0. The van der Waals surface area contributed by atoms with Gasteiger partial charge in [0.05, 0.1) is 21.5 Å². The fraction of sp³-hybridized carbons (Fsp3) is 0. The second-order valence-electron chi connectivity index (χ2n) is 5.32. The van der Waals surface area contributed by atoms with Crippen molar-refractivity contribution in [1.29, 1.82) is 0 Å². The van der Waals surface area contributed by atoms with E-state index in [0.29, 0.717) is 10.0 Å². The third kappa shape index (κ3) is 2.31. The molecular weight excluding hydrogens is 347 g/mol. The molecule has 2 aromatic heterocycles. The number of aromatic nitrogens is 2. The van der Waals surface area contributed by atoms with Gasteiger partial charge in [-0.2, -0.15) is 0 Å². The van der Waals surface area contributed by atoms with Gasteiger partial charge < -0.3 is 9.52 Å². The summed E-state index contributed by atoms with van der Waals surface area (Å²) in [6.45, 7) is 0. The second kappa shape index (κ2) is 5.47. The minimum atomic E-state index is -2.23. The Morgan fingerprint density at radius 2 is 1.36 bits per heavy atom. The van der Waals surface area contributed by atoms with Gasteiger partial charge in [0.1, 0.15) is 0 Å². The predicted octanol–water partition coefficient (Wildman–Crippen LogP) is -0.503. The van der Waals surface area contributed by atoms with Gasteiger partial charge in [-0.25, -0.2) is 0 Å². The molecule has 1 unspecified atom stereocenters. The van der Waals surface area contributed by atoms with Gasteiger partial charge in [-0.1, -0.05) is 22.9 Å². The third-order valence-electron chi connectivity index (χ3n) is 3.84. The lowest BCUT2D eigenvalue weighted by atomic mass is 10.1. The largest absolute Gasteiger partial charge is 0.353 e. The fourth-order valence-corrected chi connectivity index (χ4v) is 3.46. The lowest BCUT2D eigenvalue weighted by molar-refractivity contribution is 0.261. The van der Waals surface area contributed by atoms with E-state index in [1.54, 1.807) is 30.3 Å². The van der Waals surface area contributed by atoms with Crippen molar-refractivity contribution in [2.75, 3.05) is 0 Å². The maximum absolute atomic E-state index is 12.4. The quantitative estimate of drug-likeness (QED) is 0.478. The Balaban J connectivity index is 1.91. The molecule has 2 N–H and O–H groups in total. The molecule has 0 saturated carbocycles. The van der Waals surface area contributed by atoms with E-state index in [4.69, 9.17) is 4.62 Å². The molecule has 0 amide bonds. The number of nitrogens with one attached hydrogen (secondary N) is 1. The van der Waals surface area contributed by atoms with Gasteiger partial charge in [-0.3, -0.25) is 24.2 Å². The molecular formula is C16H9N2O6P. The first-order chi connectivity index (χ1) is 12.0. The molecule has 0 aliphatic heterocycles. The number of aromatic amines is 1. The van der Waals surface area contributed by atoms with Crippen molar-refractivity contribution in [2.24, 2.45) is 0 Å². The lowest BCUT2D eigenvalue weighted by Gasteiger charge is -2.09. The number of hydrogen-bond donors (Lipinski definition) is 2. The van der Waals surface area contributed by atoms with Gasteiger partial charge in [0.15, 0.2) is 0 Å². The van der Waals surface area contributed by atoms with Crippen LogP contribution in [0, 0.1) is 0 Å². The first-order valence-electron chi connectivity index (χ1n) is 7.12. The SMILES string of the molecule is O=c1[nH]c(=O)c2cc3c(=O)n(OP(O)c4ccccc4)c(=O)c3cc12. The second-order valence-corrected chi connectivity index (χ2v) is 6.55. The van der Waals surface area contributed by atoms with Crippen LogP contribution in [0.3, 0.4) is 0 Å². The zero-order valence-electron chi connectivity index (χ0n) is 12.4. The molecule has 0 fully saturated rings. The Kier molecular flexibility index (Phi) is 3.38. The fourth-order valence-electron chi connectivity index (χ4n) is 2.63. The summed E-state index contributed by atoms with van der Waals surface area (Å²) in [6.07, 6.45) is 0. The molecule has 2 heterocycles. The first-order valence-corrected chi connectivity index (χ1v) is 8.33. The zero-order chi connectivity index (χ0) is 17.7. The maximum Gasteiger partial charge on any atom is 0.295 e. The Hall–Kier alpha value is -3.09. The molecule has 0 spiro atoms. The molecule has 0 radical (unpaired) electrons. The van der Waals surface area contributed by atoms with Crippen LogP contribution in [-0.4, -0.2) is 14.6 Å². The van der Waals surface area contributed by atoms with Crippen LogP contribution in [0.1, 0.15) is 0 Å². The van der Waals surface area contributed by atoms with Crippen LogP contribution < -0.4 is 32.2 Å². The van der Waals surface area contributed by atoms with Crippen LogP contribution >= 0.6 is 8.38 Å². The van der Waals surface area contributed by atoms with E-state index in [9.17, 15) is 24.1 Å². The van der Waals surface area contributed by atoms with Gasteiger partial charge in [0.25, 0.3) is 30.6 Å². The number of benzene rings is 2. The molecule has 8 nitrogen and oxygen atoms in total. The Morgan fingerprint density at radius 1 is 0.840 bits per heavy atom. The van der Waals surface area contributed by atoms with E-state index in [2.05, 4.69) is 4.98 Å². The molecule has 1 atom stereocenters. The van der Waals surface area contributed by atoms with Crippen LogP contribution in [0.4, 0.5) is 0 Å². The molecule has 0 aliphatic carbocycles. The van der Waals surface area contributed by atoms with E-state index in [1.165, 1.54) is 12.1 Å². The van der Waals surface area contributed by atoms with Crippen molar-refractivity contribution >= 4 is 35.2 Å². The van der Waals surface area contributed by atoms with E-state index >= 15 is 0 Å². The Bertz CT molecular complexity index is 1240. The third-order valence-corrected chi connectivity index (χ3v) is 4.90. The van der Waals surface area contributed by atoms with Crippen LogP contribution in [-0.2, 0) is 0 Å². The molecule has 25 heavy (non-hydrogen) atoms. The molecule has 9 heteroatoms. The van der Waals surface area contributed by atoms with Crippen LogP contribution in [0.25, 0.3) is 21.5 Å². The number of rotatable bonds is 3. The Morgan fingerprint density at radius 3 is 1.88 bits per heavy atom. The summed E-state index contributed by atoms with van der Waals surface area (Å²) in [5.41, 5.74) is -2.85. The first kappa shape index (κ1) is 15.4. The smallest absolute Gasteiger partial charge is 0.295 e. The maximum atomic E-state index is 12.4. The van der Waals surface area contributed by atoms with Gasteiger partial charge in [0.2, 0.25) is 0 Å². The van der Waals surface area contributed by atoms with Crippen LogP contribution in [0.15, 0.2) is 61.6 Å². The number of hydrogen-bond acceptors (Lipinski definition) is 6. The highest BCUT2D eigenvalue weighted by atomic mass is 31.2. The highest BCUT2D eigenvalue weighted by molar-refractivity contribution is 7.55. The number of fused-ring (bicyclic) bond motifs is 2. The van der Waals surface area contributed by atoms with E-state index in [0.717, 1.165) is 0 Å². The van der Waals surface area contributed by atoms with E-state index in [1.807, 2.05) is 0 Å². The predicted molar refractivity (Wildman–Crippen MR) is 93.0 cm³/mol. The standard InChI is InChI=1S/C16H9N2O6P/c19-13-9-6-11-12(7-10(9)14(20)17-13)16(22)18(15(11)21)24-25(23)8-4-2-1-3-5-8/h1-7,23H,(H,17,19,20). The van der Waals surface area contributed by atoms with Crippen LogP contribution in [0.5, 0.6) is 0 Å². The summed E-state index contributed by atoms with van der Waals surface area (Å²) in [6, 6.07) is 10.7. The summed E-state index contributed by atoms with van der Waals surface area (Å²) < 4.78 is 5.62. The monoisotopic (exact) mass is 356 g/mol. The molecule has 0 aliphatic rings. The summed E-state index contributed by atoms with van der Waals surface area (Å²) in [5, 5.41) is 0.378. The number of nitrogens with zero attached hydrogens (tertiary/aromatic N) is 1. The van der Waals surface area contributed by atoms with Gasteiger partial charge in [-0.15, -0.1) is 0 Å². The Labute approximate surface area is 139 Å². The lowest BCUT2D eigenvalue weighted by Crippen LogP contribution is -2.31. The van der Waals surface area contributed by atoms with Crippen LogP contribution in [0.2, 0.25) is 0 Å². The van der Waals surface area contributed by atoms with Gasteiger partial charge >= 0.3 is 0 Å². The van der Waals surface area contributed by atoms with E-state index < -0.39 is 30.6 Å².